The lowest BCUT2D eigenvalue weighted by molar-refractivity contribution is 0.129. The van der Waals surface area contributed by atoms with Gasteiger partial charge in [-0.25, -0.2) is 4.79 Å². The molecule has 1 aromatic rings. The van der Waals surface area contributed by atoms with Crippen LogP contribution in [0.25, 0.3) is 0 Å². The highest BCUT2D eigenvalue weighted by molar-refractivity contribution is 5.75. The van der Waals surface area contributed by atoms with Crippen molar-refractivity contribution >= 4 is 6.03 Å². The Morgan fingerprint density at radius 3 is 2.50 bits per heavy atom. The van der Waals surface area contributed by atoms with Crippen molar-refractivity contribution in [3.63, 3.8) is 0 Å². The molecule has 1 fully saturated rings. The normalized spacial score (nSPS) is 20.1. The Bertz CT molecular complexity index is 528. The summed E-state index contributed by atoms with van der Waals surface area (Å²) >= 11 is 0. The molecule has 0 spiro atoms. The summed E-state index contributed by atoms with van der Waals surface area (Å²) in [6.07, 6.45) is 0.500. The molecule has 24 heavy (non-hydrogen) atoms. The minimum atomic E-state index is -0.362. The van der Waals surface area contributed by atoms with E-state index >= 15 is 0 Å². The summed E-state index contributed by atoms with van der Waals surface area (Å²) in [7, 11) is 0. The second-order valence-corrected chi connectivity index (χ2v) is 7.18. The molecule has 3 atom stereocenters. The van der Waals surface area contributed by atoms with Crippen LogP contribution in [0.2, 0.25) is 0 Å². The number of likely N-dealkylation sites (tertiary alicyclic amines) is 1. The summed E-state index contributed by atoms with van der Waals surface area (Å²) in [5.74, 6) is 1.53. The first-order chi connectivity index (χ1) is 11.4. The van der Waals surface area contributed by atoms with Gasteiger partial charge in [-0.05, 0) is 43.9 Å². The number of ether oxygens (including phenoxy) is 1. The zero-order valence-electron chi connectivity index (χ0n) is 15.2. The summed E-state index contributed by atoms with van der Waals surface area (Å²) in [5, 5.41) is 12.7. The average Bonchev–Trinajstić information content (AvgIpc) is 3.03. The third kappa shape index (κ3) is 5.13. The molecule has 5 heteroatoms. The van der Waals surface area contributed by atoms with Gasteiger partial charge in [0, 0.05) is 19.0 Å². The average molecular weight is 334 g/mol. The number of carbonyl (C=O) groups is 1. The van der Waals surface area contributed by atoms with E-state index in [0.717, 1.165) is 17.7 Å². The van der Waals surface area contributed by atoms with E-state index in [0.29, 0.717) is 25.6 Å². The standard InChI is InChI=1S/C19H30N2O3/c1-13(2)12-24-18-7-5-16(6-8-18)14(3)20-19(23)21-10-9-17(11-21)15(4)22/h5-8,13-15,17,22H,9-12H2,1-4H3,(H,20,23)/t14-,15+,17-/m0/s1. The first-order valence-electron chi connectivity index (χ1n) is 8.83. The second kappa shape index (κ2) is 8.38. The predicted molar refractivity (Wildman–Crippen MR) is 95.1 cm³/mol. The van der Waals surface area contributed by atoms with Gasteiger partial charge in [-0.3, -0.25) is 0 Å². The second-order valence-electron chi connectivity index (χ2n) is 7.18. The zero-order chi connectivity index (χ0) is 17.7. The van der Waals surface area contributed by atoms with Crippen LogP contribution < -0.4 is 10.1 Å². The molecular formula is C19H30N2O3. The van der Waals surface area contributed by atoms with Gasteiger partial charge in [0.1, 0.15) is 5.75 Å². The summed E-state index contributed by atoms with van der Waals surface area (Å²) < 4.78 is 5.68. The molecular weight excluding hydrogens is 304 g/mol. The molecule has 1 aromatic carbocycles. The fraction of sp³-hybridized carbons (Fsp3) is 0.632. The maximum Gasteiger partial charge on any atom is 0.317 e. The van der Waals surface area contributed by atoms with E-state index in [4.69, 9.17) is 4.74 Å². The van der Waals surface area contributed by atoms with Crippen molar-refractivity contribution in [3.05, 3.63) is 29.8 Å². The van der Waals surface area contributed by atoms with Crippen molar-refractivity contribution in [1.82, 2.24) is 10.2 Å². The smallest absolute Gasteiger partial charge is 0.317 e. The van der Waals surface area contributed by atoms with Gasteiger partial charge in [-0.2, -0.15) is 0 Å². The van der Waals surface area contributed by atoms with Crippen molar-refractivity contribution < 1.29 is 14.6 Å². The van der Waals surface area contributed by atoms with Crippen LogP contribution in [-0.4, -0.2) is 41.8 Å². The largest absolute Gasteiger partial charge is 0.493 e. The van der Waals surface area contributed by atoms with E-state index in [2.05, 4.69) is 19.2 Å². The third-order valence-electron chi connectivity index (χ3n) is 4.50. The highest BCUT2D eigenvalue weighted by atomic mass is 16.5. The molecule has 1 aliphatic heterocycles. The number of rotatable bonds is 6. The van der Waals surface area contributed by atoms with Crippen molar-refractivity contribution in [2.24, 2.45) is 11.8 Å². The number of nitrogens with one attached hydrogen (secondary N) is 1. The Morgan fingerprint density at radius 1 is 1.29 bits per heavy atom. The minimum absolute atomic E-state index is 0.0641. The Labute approximate surface area is 145 Å². The Hall–Kier alpha value is -1.75. The number of nitrogens with zero attached hydrogens (tertiary/aromatic N) is 1. The van der Waals surface area contributed by atoms with Gasteiger partial charge in [0.2, 0.25) is 0 Å². The lowest BCUT2D eigenvalue weighted by Gasteiger charge is -2.22. The van der Waals surface area contributed by atoms with Crippen LogP contribution in [0.3, 0.4) is 0 Å². The van der Waals surface area contributed by atoms with E-state index in [1.807, 2.05) is 31.2 Å². The number of aliphatic hydroxyl groups excluding tert-OH is 1. The zero-order valence-corrected chi connectivity index (χ0v) is 15.2. The lowest BCUT2D eigenvalue weighted by Crippen LogP contribution is -2.40. The van der Waals surface area contributed by atoms with Crippen LogP contribution in [0.15, 0.2) is 24.3 Å². The number of benzene rings is 1. The maximum atomic E-state index is 12.4. The molecule has 2 amide bonds. The molecule has 0 unspecified atom stereocenters. The molecule has 1 saturated heterocycles. The Morgan fingerprint density at radius 2 is 1.96 bits per heavy atom. The molecule has 2 N–H and O–H groups in total. The van der Waals surface area contributed by atoms with Crippen LogP contribution >= 0.6 is 0 Å². The van der Waals surface area contributed by atoms with Crippen molar-refractivity contribution in [2.45, 2.75) is 46.3 Å². The summed E-state index contributed by atoms with van der Waals surface area (Å²) in [5.41, 5.74) is 1.05. The number of amides is 2. The van der Waals surface area contributed by atoms with Crippen LogP contribution in [0.4, 0.5) is 4.79 Å². The van der Waals surface area contributed by atoms with Crippen LogP contribution in [-0.2, 0) is 0 Å². The molecule has 134 valence electrons. The molecule has 5 nitrogen and oxygen atoms in total. The topological polar surface area (TPSA) is 61.8 Å². The number of carbonyl (C=O) groups excluding carboxylic acids is 1. The van der Waals surface area contributed by atoms with Gasteiger partial charge in [-0.1, -0.05) is 26.0 Å². The van der Waals surface area contributed by atoms with Gasteiger partial charge in [-0.15, -0.1) is 0 Å². The van der Waals surface area contributed by atoms with Gasteiger partial charge in [0.05, 0.1) is 18.8 Å². The molecule has 0 aliphatic carbocycles. The van der Waals surface area contributed by atoms with Gasteiger partial charge >= 0.3 is 6.03 Å². The van der Waals surface area contributed by atoms with E-state index < -0.39 is 0 Å². The van der Waals surface area contributed by atoms with Gasteiger partial charge < -0.3 is 20.1 Å². The fourth-order valence-corrected chi connectivity index (χ4v) is 2.84. The van der Waals surface area contributed by atoms with Gasteiger partial charge in [0.25, 0.3) is 0 Å². The van der Waals surface area contributed by atoms with E-state index in [1.54, 1.807) is 11.8 Å². The summed E-state index contributed by atoms with van der Waals surface area (Å²) in [4.78, 5) is 14.1. The monoisotopic (exact) mass is 334 g/mol. The quantitative estimate of drug-likeness (QED) is 0.840. The first kappa shape index (κ1) is 18.6. The molecule has 2 rings (SSSR count). The lowest BCUT2D eigenvalue weighted by atomic mass is 10.0. The SMILES string of the molecule is CC(C)COc1ccc([C@H](C)NC(=O)N2CC[C@H]([C@@H](C)O)C2)cc1. The maximum absolute atomic E-state index is 12.4. The number of aliphatic hydroxyl groups is 1. The molecule has 0 radical (unpaired) electrons. The predicted octanol–water partition coefficient (Wildman–Crippen LogP) is 3.19. The highest BCUT2D eigenvalue weighted by Crippen LogP contribution is 2.22. The van der Waals surface area contributed by atoms with Crippen molar-refractivity contribution in [2.75, 3.05) is 19.7 Å². The minimum Gasteiger partial charge on any atom is -0.493 e. The Balaban J connectivity index is 1.85. The van der Waals surface area contributed by atoms with Crippen molar-refractivity contribution in [3.8, 4) is 5.75 Å². The molecule has 0 aromatic heterocycles. The first-order valence-corrected chi connectivity index (χ1v) is 8.83. The van der Waals surface area contributed by atoms with E-state index in [1.165, 1.54) is 0 Å². The van der Waals surface area contributed by atoms with E-state index in [9.17, 15) is 9.90 Å². The van der Waals surface area contributed by atoms with Crippen LogP contribution in [0.5, 0.6) is 5.75 Å². The number of hydrogen-bond donors (Lipinski definition) is 2. The fourth-order valence-electron chi connectivity index (χ4n) is 2.84. The number of urea groups is 1. The van der Waals surface area contributed by atoms with Crippen molar-refractivity contribution in [1.29, 1.82) is 0 Å². The number of hydrogen-bond acceptors (Lipinski definition) is 3. The molecule has 0 bridgehead atoms. The van der Waals surface area contributed by atoms with Crippen LogP contribution in [0.1, 0.15) is 45.7 Å². The van der Waals surface area contributed by atoms with Gasteiger partial charge in [0.15, 0.2) is 0 Å². The summed E-state index contributed by atoms with van der Waals surface area (Å²) in [6, 6.07) is 7.74. The summed E-state index contributed by atoms with van der Waals surface area (Å²) in [6.45, 7) is 10.0. The highest BCUT2D eigenvalue weighted by Gasteiger charge is 2.29. The van der Waals surface area contributed by atoms with Crippen LogP contribution in [0, 0.1) is 11.8 Å². The molecule has 1 aliphatic rings. The Kier molecular flexibility index (Phi) is 6.49. The molecule has 0 saturated carbocycles. The third-order valence-corrected chi connectivity index (χ3v) is 4.50. The van der Waals surface area contributed by atoms with E-state index in [-0.39, 0.29) is 24.1 Å². The molecule has 1 heterocycles.